The summed E-state index contributed by atoms with van der Waals surface area (Å²) in [5, 5.41) is 11.0. The topological polar surface area (TPSA) is 35.8 Å². The lowest BCUT2D eigenvalue weighted by molar-refractivity contribution is 0.509. The normalized spacial score (nSPS) is 9.38. The molecule has 1 rings (SSSR count). The average molecular weight is 182 g/mol. The molecular weight excluding hydrogens is 174 g/mol. The Balaban J connectivity index is 3.17. The van der Waals surface area contributed by atoms with Gasteiger partial charge in [0.1, 0.15) is 6.07 Å². The SMILES string of the molecule is CCNc1ccc(C#N)c(F)c1F. The van der Waals surface area contributed by atoms with Crippen LogP contribution < -0.4 is 5.32 Å². The van der Waals surface area contributed by atoms with E-state index < -0.39 is 11.6 Å². The van der Waals surface area contributed by atoms with Crippen molar-refractivity contribution in [3.05, 3.63) is 29.3 Å². The fourth-order valence-corrected chi connectivity index (χ4v) is 0.963. The van der Waals surface area contributed by atoms with Crippen LogP contribution in [0.2, 0.25) is 0 Å². The van der Waals surface area contributed by atoms with Crippen LogP contribution in [0, 0.1) is 23.0 Å². The molecule has 0 fully saturated rings. The minimum atomic E-state index is -1.10. The first kappa shape index (κ1) is 9.46. The molecule has 1 aromatic carbocycles. The van der Waals surface area contributed by atoms with Crippen LogP contribution in [0.1, 0.15) is 12.5 Å². The minimum Gasteiger partial charge on any atom is -0.383 e. The molecule has 0 radical (unpaired) electrons. The summed E-state index contributed by atoms with van der Waals surface area (Å²) in [5.74, 6) is -2.10. The molecule has 0 aliphatic rings. The van der Waals surface area contributed by atoms with Gasteiger partial charge in [0, 0.05) is 6.54 Å². The zero-order valence-electron chi connectivity index (χ0n) is 7.06. The van der Waals surface area contributed by atoms with Gasteiger partial charge in [-0.1, -0.05) is 0 Å². The summed E-state index contributed by atoms with van der Waals surface area (Å²) in [6, 6.07) is 4.16. The molecule has 0 atom stereocenters. The molecule has 1 aromatic rings. The fraction of sp³-hybridized carbons (Fsp3) is 0.222. The standard InChI is InChI=1S/C9H8F2N2/c1-2-13-7-4-3-6(5-12)8(10)9(7)11/h3-4,13H,2H2,1H3. The molecule has 68 valence electrons. The van der Waals surface area contributed by atoms with Crippen LogP contribution in [0.5, 0.6) is 0 Å². The summed E-state index contributed by atoms with van der Waals surface area (Å²) in [4.78, 5) is 0. The van der Waals surface area contributed by atoms with Gasteiger partial charge in [-0.2, -0.15) is 5.26 Å². The minimum absolute atomic E-state index is 0.0824. The molecule has 0 saturated heterocycles. The van der Waals surface area contributed by atoms with Crippen LogP contribution in [0.15, 0.2) is 12.1 Å². The van der Waals surface area contributed by atoms with Crippen LogP contribution in [0.25, 0.3) is 0 Å². The Morgan fingerprint density at radius 3 is 2.62 bits per heavy atom. The second kappa shape index (κ2) is 3.85. The number of hydrogen-bond acceptors (Lipinski definition) is 2. The van der Waals surface area contributed by atoms with Crippen molar-refractivity contribution in [1.82, 2.24) is 0 Å². The quantitative estimate of drug-likeness (QED) is 0.761. The molecular formula is C9H8F2N2. The molecule has 0 unspecified atom stereocenters. The Kier molecular flexibility index (Phi) is 2.80. The number of anilines is 1. The largest absolute Gasteiger partial charge is 0.383 e. The van der Waals surface area contributed by atoms with E-state index in [-0.39, 0.29) is 11.3 Å². The van der Waals surface area contributed by atoms with Crippen molar-refractivity contribution in [3.8, 4) is 6.07 Å². The molecule has 13 heavy (non-hydrogen) atoms. The van der Waals surface area contributed by atoms with Gasteiger partial charge in [0.25, 0.3) is 0 Å². The maximum absolute atomic E-state index is 13.0. The Labute approximate surface area is 74.8 Å². The van der Waals surface area contributed by atoms with E-state index in [2.05, 4.69) is 5.32 Å². The van der Waals surface area contributed by atoms with E-state index in [0.717, 1.165) is 0 Å². The van der Waals surface area contributed by atoms with Gasteiger partial charge in [-0.25, -0.2) is 8.78 Å². The smallest absolute Gasteiger partial charge is 0.183 e. The lowest BCUT2D eigenvalue weighted by Crippen LogP contribution is -2.02. The molecule has 0 amide bonds. The highest BCUT2D eigenvalue weighted by atomic mass is 19.2. The predicted octanol–water partition coefficient (Wildman–Crippen LogP) is 2.27. The van der Waals surface area contributed by atoms with Gasteiger partial charge in [0.2, 0.25) is 0 Å². The highest BCUT2D eigenvalue weighted by Crippen LogP contribution is 2.19. The molecule has 1 N–H and O–H groups in total. The summed E-state index contributed by atoms with van der Waals surface area (Å²) in [5.41, 5.74) is -0.196. The van der Waals surface area contributed by atoms with E-state index in [1.807, 2.05) is 0 Å². The summed E-state index contributed by atoms with van der Waals surface area (Å²) in [7, 11) is 0. The Morgan fingerprint density at radius 1 is 1.38 bits per heavy atom. The second-order valence-electron chi connectivity index (χ2n) is 2.43. The Morgan fingerprint density at radius 2 is 2.08 bits per heavy atom. The third-order valence-electron chi connectivity index (χ3n) is 1.57. The van der Waals surface area contributed by atoms with E-state index in [0.29, 0.717) is 6.54 Å². The Hall–Kier alpha value is -1.63. The highest BCUT2D eigenvalue weighted by Gasteiger charge is 2.11. The van der Waals surface area contributed by atoms with Gasteiger partial charge in [0.05, 0.1) is 11.3 Å². The predicted molar refractivity (Wildman–Crippen MR) is 45.2 cm³/mol. The molecule has 2 nitrogen and oxygen atoms in total. The van der Waals surface area contributed by atoms with Crippen LogP contribution >= 0.6 is 0 Å². The monoisotopic (exact) mass is 182 g/mol. The number of halogens is 2. The van der Waals surface area contributed by atoms with Gasteiger partial charge < -0.3 is 5.32 Å². The summed E-state index contributed by atoms with van der Waals surface area (Å²) >= 11 is 0. The molecule has 4 heteroatoms. The number of rotatable bonds is 2. The molecule has 0 aliphatic carbocycles. The van der Waals surface area contributed by atoms with E-state index in [1.165, 1.54) is 12.1 Å². The van der Waals surface area contributed by atoms with Gasteiger partial charge >= 0.3 is 0 Å². The first-order chi connectivity index (χ1) is 6.20. The second-order valence-corrected chi connectivity index (χ2v) is 2.43. The van der Waals surface area contributed by atoms with Crippen molar-refractivity contribution < 1.29 is 8.78 Å². The number of benzene rings is 1. The van der Waals surface area contributed by atoms with Gasteiger partial charge in [-0.15, -0.1) is 0 Å². The lowest BCUT2D eigenvalue weighted by atomic mass is 10.2. The average Bonchev–Trinajstić information content (AvgIpc) is 2.14. The van der Waals surface area contributed by atoms with Crippen molar-refractivity contribution in [3.63, 3.8) is 0 Å². The number of hydrogen-bond donors (Lipinski definition) is 1. The molecule has 0 heterocycles. The maximum atomic E-state index is 13.0. The molecule has 0 aromatic heterocycles. The molecule has 0 saturated carbocycles. The number of nitriles is 1. The van der Waals surface area contributed by atoms with Gasteiger partial charge in [0.15, 0.2) is 11.6 Å². The van der Waals surface area contributed by atoms with Crippen molar-refractivity contribution >= 4 is 5.69 Å². The highest BCUT2D eigenvalue weighted by molar-refractivity contribution is 5.49. The van der Waals surface area contributed by atoms with Crippen molar-refractivity contribution in [2.75, 3.05) is 11.9 Å². The van der Waals surface area contributed by atoms with Crippen LogP contribution in [-0.4, -0.2) is 6.54 Å². The van der Waals surface area contributed by atoms with Crippen molar-refractivity contribution in [2.24, 2.45) is 0 Å². The molecule has 0 spiro atoms. The van der Waals surface area contributed by atoms with Gasteiger partial charge in [-0.05, 0) is 19.1 Å². The Bertz CT molecular complexity index is 355. The van der Waals surface area contributed by atoms with Gasteiger partial charge in [-0.3, -0.25) is 0 Å². The van der Waals surface area contributed by atoms with Crippen LogP contribution in [0.3, 0.4) is 0 Å². The number of nitrogens with zero attached hydrogens (tertiary/aromatic N) is 1. The van der Waals surface area contributed by atoms with E-state index >= 15 is 0 Å². The van der Waals surface area contributed by atoms with Crippen molar-refractivity contribution in [1.29, 1.82) is 5.26 Å². The third kappa shape index (κ3) is 1.75. The zero-order chi connectivity index (χ0) is 9.84. The first-order valence-corrected chi connectivity index (χ1v) is 3.82. The van der Waals surface area contributed by atoms with E-state index in [9.17, 15) is 8.78 Å². The zero-order valence-corrected chi connectivity index (χ0v) is 7.06. The van der Waals surface area contributed by atoms with E-state index in [1.54, 1.807) is 13.0 Å². The first-order valence-electron chi connectivity index (χ1n) is 3.82. The number of nitrogens with one attached hydrogen (secondary N) is 1. The summed E-state index contributed by atoms with van der Waals surface area (Å²) in [6.07, 6.45) is 0. The molecule has 0 aliphatic heterocycles. The fourth-order valence-electron chi connectivity index (χ4n) is 0.963. The molecule has 0 bridgehead atoms. The van der Waals surface area contributed by atoms with E-state index in [4.69, 9.17) is 5.26 Å². The summed E-state index contributed by atoms with van der Waals surface area (Å²) < 4.78 is 26.0. The van der Waals surface area contributed by atoms with Crippen LogP contribution in [0.4, 0.5) is 14.5 Å². The maximum Gasteiger partial charge on any atom is 0.183 e. The van der Waals surface area contributed by atoms with Crippen molar-refractivity contribution in [2.45, 2.75) is 6.92 Å². The lowest BCUT2D eigenvalue weighted by Gasteiger charge is -2.05. The summed E-state index contributed by atoms with van der Waals surface area (Å²) in [6.45, 7) is 2.28. The van der Waals surface area contributed by atoms with Crippen LogP contribution in [-0.2, 0) is 0 Å². The third-order valence-corrected chi connectivity index (χ3v) is 1.57.